The Morgan fingerprint density at radius 3 is 2.83 bits per heavy atom. The molecule has 0 saturated heterocycles. The second-order valence-corrected chi connectivity index (χ2v) is 6.71. The number of aliphatic hydroxyl groups excluding tert-OH is 1. The van der Waals surface area contributed by atoms with Crippen molar-refractivity contribution in [1.82, 2.24) is 0 Å². The zero-order valence-electron chi connectivity index (χ0n) is 11.9. The third-order valence-corrected chi connectivity index (χ3v) is 4.43. The molecule has 18 heavy (non-hydrogen) atoms. The zero-order valence-corrected chi connectivity index (χ0v) is 11.9. The molecule has 1 N–H and O–H groups in total. The van der Waals surface area contributed by atoms with E-state index in [1.807, 2.05) is 0 Å². The lowest BCUT2D eigenvalue weighted by Crippen LogP contribution is -2.21. The maximum Gasteiger partial charge on any atom is 0.0497 e. The predicted molar refractivity (Wildman–Crippen MR) is 76.9 cm³/mol. The van der Waals surface area contributed by atoms with Gasteiger partial charge in [-0.2, -0.15) is 0 Å². The normalized spacial score (nSPS) is 24.8. The van der Waals surface area contributed by atoms with Gasteiger partial charge >= 0.3 is 0 Å². The van der Waals surface area contributed by atoms with Crippen LogP contribution in [0.15, 0.2) is 24.3 Å². The van der Waals surface area contributed by atoms with Crippen molar-refractivity contribution in [2.75, 3.05) is 6.61 Å². The van der Waals surface area contributed by atoms with Gasteiger partial charge in [-0.05, 0) is 41.7 Å². The molecule has 1 saturated carbocycles. The molecular formula is C17H26O. The average Bonchev–Trinajstić information content (AvgIpc) is 2.37. The summed E-state index contributed by atoms with van der Waals surface area (Å²) in [4.78, 5) is 0. The van der Waals surface area contributed by atoms with E-state index in [9.17, 15) is 5.11 Å². The summed E-state index contributed by atoms with van der Waals surface area (Å²) in [6.07, 6.45) is 5.32. The monoisotopic (exact) mass is 246 g/mol. The third-order valence-electron chi connectivity index (χ3n) is 4.43. The molecule has 1 nitrogen and oxygen atoms in total. The summed E-state index contributed by atoms with van der Waals surface area (Å²) in [6.45, 7) is 7.10. The Morgan fingerprint density at radius 1 is 1.39 bits per heavy atom. The maximum absolute atomic E-state index is 9.27. The molecule has 2 unspecified atom stereocenters. The van der Waals surface area contributed by atoms with Crippen molar-refractivity contribution in [3.05, 3.63) is 35.4 Å². The van der Waals surface area contributed by atoms with Gasteiger partial charge < -0.3 is 5.11 Å². The van der Waals surface area contributed by atoms with E-state index < -0.39 is 0 Å². The Labute approximate surface area is 111 Å². The number of benzene rings is 1. The molecule has 0 heterocycles. The summed E-state index contributed by atoms with van der Waals surface area (Å²) in [5.41, 5.74) is 3.24. The van der Waals surface area contributed by atoms with Crippen molar-refractivity contribution in [2.24, 2.45) is 5.41 Å². The fourth-order valence-corrected chi connectivity index (χ4v) is 3.21. The van der Waals surface area contributed by atoms with Gasteiger partial charge in [-0.3, -0.25) is 0 Å². The maximum atomic E-state index is 9.27. The molecule has 2 atom stereocenters. The minimum Gasteiger partial charge on any atom is -0.396 e. The number of hydrogen-bond acceptors (Lipinski definition) is 1. The Morgan fingerprint density at radius 2 is 2.17 bits per heavy atom. The van der Waals surface area contributed by atoms with Crippen molar-refractivity contribution in [2.45, 2.75) is 58.3 Å². The average molecular weight is 246 g/mol. The molecule has 1 aromatic carbocycles. The highest BCUT2D eigenvalue weighted by atomic mass is 16.3. The molecular weight excluding hydrogens is 220 g/mol. The minimum absolute atomic E-state index is 0.236. The lowest BCUT2D eigenvalue weighted by molar-refractivity contribution is 0.219. The third kappa shape index (κ3) is 3.14. The summed E-state index contributed by atoms with van der Waals surface area (Å²) < 4.78 is 0. The molecule has 100 valence electrons. The highest BCUT2D eigenvalue weighted by Crippen LogP contribution is 2.43. The van der Waals surface area contributed by atoms with Crippen molar-refractivity contribution in [1.29, 1.82) is 0 Å². The van der Waals surface area contributed by atoms with Crippen LogP contribution in [0, 0.1) is 5.41 Å². The number of hydrogen-bond donors (Lipinski definition) is 1. The van der Waals surface area contributed by atoms with Crippen molar-refractivity contribution in [3.63, 3.8) is 0 Å². The summed E-state index contributed by atoms with van der Waals surface area (Å²) in [5, 5.41) is 9.27. The van der Waals surface area contributed by atoms with Gasteiger partial charge in [0.1, 0.15) is 0 Å². The first kappa shape index (κ1) is 13.6. The molecule has 2 rings (SSSR count). The lowest BCUT2D eigenvalue weighted by Gasteiger charge is -2.35. The summed E-state index contributed by atoms with van der Waals surface area (Å²) in [7, 11) is 0. The summed E-state index contributed by atoms with van der Waals surface area (Å²) in [5.74, 6) is 0.959. The van der Waals surface area contributed by atoms with Gasteiger partial charge in [0, 0.05) is 12.5 Å². The second-order valence-electron chi connectivity index (χ2n) is 6.71. The molecule has 0 aromatic heterocycles. The molecule has 0 spiro atoms. The minimum atomic E-state index is 0.236. The molecule has 1 fully saturated rings. The van der Waals surface area contributed by atoms with Gasteiger partial charge in [0.05, 0.1) is 0 Å². The topological polar surface area (TPSA) is 20.2 Å². The van der Waals surface area contributed by atoms with Gasteiger partial charge in [0.25, 0.3) is 0 Å². The van der Waals surface area contributed by atoms with E-state index in [-0.39, 0.29) is 12.5 Å². The first-order chi connectivity index (χ1) is 8.52. The van der Waals surface area contributed by atoms with Crippen molar-refractivity contribution >= 4 is 0 Å². The smallest absolute Gasteiger partial charge is 0.0497 e. The fourth-order valence-electron chi connectivity index (χ4n) is 3.21. The van der Waals surface area contributed by atoms with Gasteiger partial charge in [0.2, 0.25) is 0 Å². The standard InChI is InChI=1S/C17H26O/c1-13(12-18)14-6-4-7-15(10-14)16-8-5-9-17(2,3)11-16/h4,6-7,10,13,16,18H,5,8-9,11-12H2,1-3H3. The quantitative estimate of drug-likeness (QED) is 0.834. The van der Waals surface area contributed by atoms with Crippen molar-refractivity contribution < 1.29 is 5.11 Å². The molecule has 1 aromatic rings. The van der Waals surface area contributed by atoms with Crippen LogP contribution < -0.4 is 0 Å². The van der Waals surface area contributed by atoms with Gasteiger partial charge in [-0.15, -0.1) is 0 Å². The SMILES string of the molecule is CC(CO)c1cccc(C2CCCC(C)(C)C2)c1. The zero-order chi connectivity index (χ0) is 13.2. The van der Waals surface area contributed by atoms with Crippen LogP contribution >= 0.6 is 0 Å². The van der Waals surface area contributed by atoms with Gasteiger partial charge in [-0.25, -0.2) is 0 Å². The van der Waals surface area contributed by atoms with E-state index in [1.54, 1.807) is 0 Å². The first-order valence-corrected chi connectivity index (χ1v) is 7.22. The van der Waals surface area contributed by atoms with E-state index in [2.05, 4.69) is 45.0 Å². The summed E-state index contributed by atoms with van der Waals surface area (Å²) in [6, 6.07) is 8.86. The van der Waals surface area contributed by atoms with E-state index in [1.165, 1.54) is 36.8 Å². The molecule has 0 bridgehead atoms. The molecule has 0 amide bonds. The van der Waals surface area contributed by atoms with Crippen LogP contribution in [0.5, 0.6) is 0 Å². The fraction of sp³-hybridized carbons (Fsp3) is 0.647. The summed E-state index contributed by atoms with van der Waals surface area (Å²) >= 11 is 0. The molecule has 1 aliphatic carbocycles. The Hall–Kier alpha value is -0.820. The Balaban J connectivity index is 2.18. The van der Waals surface area contributed by atoms with Crippen LogP contribution in [-0.2, 0) is 0 Å². The van der Waals surface area contributed by atoms with E-state index in [0.717, 1.165) is 0 Å². The highest BCUT2D eigenvalue weighted by Gasteiger charge is 2.28. The molecule has 0 aliphatic heterocycles. The highest BCUT2D eigenvalue weighted by molar-refractivity contribution is 5.29. The van der Waals surface area contributed by atoms with Crippen LogP contribution in [-0.4, -0.2) is 11.7 Å². The van der Waals surface area contributed by atoms with Crippen LogP contribution in [0.4, 0.5) is 0 Å². The largest absolute Gasteiger partial charge is 0.396 e. The van der Waals surface area contributed by atoms with Crippen molar-refractivity contribution in [3.8, 4) is 0 Å². The predicted octanol–water partition coefficient (Wildman–Crippen LogP) is 4.47. The van der Waals surface area contributed by atoms with Crippen LogP contribution in [0.1, 0.15) is 69.4 Å². The molecule has 1 heteroatoms. The van der Waals surface area contributed by atoms with Crippen LogP contribution in [0.2, 0.25) is 0 Å². The van der Waals surface area contributed by atoms with Gasteiger partial charge in [-0.1, -0.05) is 51.5 Å². The Bertz CT molecular complexity index is 394. The lowest BCUT2D eigenvalue weighted by atomic mass is 9.70. The van der Waals surface area contributed by atoms with Gasteiger partial charge in [0.15, 0.2) is 0 Å². The number of rotatable bonds is 3. The number of aliphatic hydroxyl groups is 1. The van der Waals surface area contributed by atoms with Crippen LogP contribution in [0.3, 0.4) is 0 Å². The molecule has 0 radical (unpaired) electrons. The first-order valence-electron chi connectivity index (χ1n) is 7.22. The second kappa shape index (κ2) is 5.44. The van der Waals surface area contributed by atoms with E-state index in [0.29, 0.717) is 11.3 Å². The van der Waals surface area contributed by atoms with Crippen LogP contribution in [0.25, 0.3) is 0 Å². The van der Waals surface area contributed by atoms with E-state index >= 15 is 0 Å². The Kier molecular flexibility index (Phi) is 4.11. The van der Waals surface area contributed by atoms with E-state index in [4.69, 9.17) is 0 Å². The molecule has 1 aliphatic rings.